The molecule has 144 valence electrons. The average Bonchev–Trinajstić information content (AvgIpc) is 2.71. The Labute approximate surface area is 164 Å². The Balaban J connectivity index is 1.74. The third-order valence-corrected chi connectivity index (χ3v) is 5.63. The summed E-state index contributed by atoms with van der Waals surface area (Å²) in [5, 5.41) is 10.8. The highest BCUT2D eigenvalue weighted by Crippen LogP contribution is 2.49. The molecule has 2 heterocycles. The molecule has 28 heavy (non-hydrogen) atoms. The van der Waals surface area contributed by atoms with Crippen molar-refractivity contribution in [3.63, 3.8) is 0 Å². The minimum absolute atomic E-state index is 0.0172. The van der Waals surface area contributed by atoms with Gasteiger partial charge in [-0.15, -0.1) is 0 Å². The first-order valence-electron chi connectivity index (χ1n) is 9.24. The number of methoxy groups -OCH3 is 1. The van der Waals surface area contributed by atoms with E-state index in [0.717, 1.165) is 22.6 Å². The highest BCUT2D eigenvalue weighted by atomic mass is 16.5. The number of fused-ring (bicyclic) bond motifs is 4. The first-order chi connectivity index (χ1) is 13.4. The zero-order chi connectivity index (χ0) is 19.9. The number of hydrogen-bond acceptors (Lipinski definition) is 4. The molecular weight excluding hydrogens is 354 g/mol. The predicted molar refractivity (Wildman–Crippen MR) is 107 cm³/mol. The van der Waals surface area contributed by atoms with Crippen molar-refractivity contribution in [1.82, 2.24) is 4.90 Å². The average molecular weight is 377 g/mol. The zero-order valence-corrected chi connectivity index (χ0v) is 16.2. The maximum absolute atomic E-state index is 13.1. The van der Waals surface area contributed by atoms with Gasteiger partial charge in [0.2, 0.25) is 0 Å². The molecule has 1 amide bonds. The quantitative estimate of drug-likeness (QED) is 0.641. The van der Waals surface area contributed by atoms with Gasteiger partial charge in [0.1, 0.15) is 17.3 Å². The molecule has 0 unspecified atom stereocenters. The topological polar surface area (TPSA) is 59.0 Å². The molecule has 2 aromatic carbocycles. The standard InChI is InChI=1S/C23H23NO4/c1-23-14-18(17-6-4-5-7-20(17)28-23)21(22(26)24(23)2)19(25)13-10-15-8-11-16(27-3)12-9-15/h4-13,18,25H,14H2,1-3H3/b13-10+,21-19-/t18-,23+/m0/s1. The number of carbonyl (C=O) groups excluding carboxylic acids is 1. The van der Waals surface area contributed by atoms with E-state index in [4.69, 9.17) is 9.47 Å². The highest BCUT2D eigenvalue weighted by Gasteiger charge is 2.50. The number of rotatable bonds is 3. The van der Waals surface area contributed by atoms with Gasteiger partial charge < -0.3 is 19.5 Å². The second-order valence-corrected chi connectivity index (χ2v) is 7.34. The number of likely N-dealkylation sites (tertiary alicyclic amines) is 1. The van der Waals surface area contributed by atoms with Gasteiger partial charge >= 0.3 is 0 Å². The lowest BCUT2D eigenvalue weighted by molar-refractivity contribution is -0.153. The molecule has 1 saturated heterocycles. The first kappa shape index (κ1) is 18.2. The van der Waals surface area contributed by atoms with Gasteiger partial charge in [0, 0.05) is 24.9 Å². The van der Waals surface area contributed by atoms with E-state index < -0.39 is 5.72 Å². The number of para-hydroxylation sites is 1. The van der Waals surface area contributed by atoms with Crippen molar-refractivity contribution in [2.24, 2.45) is 0 Å². The van der Waals surface area contributed by atoms with Crippen LogP contribution in [0.25, 0.3) is 6.08 Å². The summed E-state index contributed by atoms with van der Waals surface area (Å²) in [6, 6.07) is 15.2. The second kappa shape index (κ2) is 6.75. The minimum Gasteiger partial charge on any atom is -0.507 e. The SMILES string of the molecule is COc1ccc(/C=C/C(O)=C2/C(=O)N(C)[C@@]3(C)C[C@H]2c2ccccc2O3)cc1. The molecular formula is C23H23NO4. The molecule has 5 heteroatoms. The smallest absolute Gasteiger partial charge is 0.256 e. The fourth-order valence-corrected chi connectivity index (χ4v) is 3.90. The van der Waals surface area contributed by atoms with E-state index in [-0.39, 0.29) is 17.6 Å². The Kier molecular flexibility index (Phi) is 4.38. The molecule has 2 bridgehead atoms. The number of carbonyl (C=O) groups is 1. The van der Waals surface area contributed by atoms with Gasteiger partial charge in [-0.25, -0.2) is 0 Å². The maximum Gasteiger partial charge on any atom is 0.256 e. The van der Waals surface area contributed by atoms with Crippen molar-refractivity contribution in [1.29, 1.82) is 0 Å². The lowest BCUT2D eigenvalue weighted by Crippen LogP contribution is -2.59. The molecule has 1 fully saturated rings. The van der Waals surface area contributed by atoms with Crippen LogP contribution in [-0.4, -0.2) is 35.8 Å². The number of ether oxygens (including phenoxy) is 2. The molecule has 2 atom stereocenters. The van der Waals surface area contributed by atoms with E-state index >= 15 is 0 Å². The van der Waals surface area contributed by atoms with Gasteiger partial charge in [-0.3, -0.25) is 4.79 Å². The largest absolute Gasteiger partial charge is 0.507 e. The lowest BCUT2D eigenvalue weighted by Gasteiger charge is -2.49. The van der Waals surface area contributed by atoms with Gasteiger partial charge in [-0.2, -0.15) is 0 Å². The number of nitrogens with zero attached hydrogens (tertiary/aromatic N) is 1. The van der Waals surface area contributed by atoms with Crippen LogP contribution in [0.4, 0.5) is 0 Å². The molecule has 0 aromatic heterocycles. The van der Waals surface area contributed by atoms with E-state index in [1.165, 1.54) is 0 Å². The summed E-state index contributed by atoms with van der Waals surface area (Å²) in [6.45, 7) is 1.91. The Morgan fingerprint density at radius 2 is 1.96 bits per heavy atom. The summed E-state index contributed by atoms with van der Waals surface area (Å²) in [5.41, 5.74) is 1.52. The predicted octanol–water partition coefficient (Wildman–Crippen LogP) is 4.28. The number of allylic oxidation sites excluding steroid dienone is 1. The number of benzene rings is 2. The third-order valence-electron chi connectivity index (χ3n) is 5.63. The fourth-order valence-electron chi connectivity index (χ4n) is 3.90. The van der Waals surface area contributed by atoms with Crippen molar-refractivity contribution >= 4 is 12.0 Å². The van der Waals surface area contributed by atoms with Gasteiger partial charge in [-0.1, -0.05) is 36.4 Å². The molecule has 4 rings (SSSR count). The molecule has 0 aliphatic carbocycles. The molecule has 0 spiro atoms. The number of likely N-dealkylation sites (N-methyl/N-ethyl adjacent to an activating group) is 1. The number of aliphatic hydroxyl groups is 1. The Hall–Kier alpha value is -3.21. The van der Waals surface area contributed by atoms with Crippen LogP contribution in [-0.2, 0) is 4.79 Å². The summed E-state index contributed by atoms with van der Waals surface area (Å²) in [6.07, 6.45) is 3.97. The van der Waals surface area contributed by atoms with Gasteiger partial charge in [-0.05, 0) is 36.8 Å². The first-order valence-corrected chi connectivity index (χ1v) is 9.24. The summed E-state index contributed by atoms with van der Waals surface area (Å²) in [5.74, 6) is 1.08. The number of piperidine rings is 1. The van der Waals surface area contributed by atoms with Crippen LogP contribution in [0.3, 0.4) is 0 Å². The molecule has 0 saturated carbocycles. The van der Waals surface area contributed by atoms with E-state index in [1.54, 1.807) is 31.2 Å². The third kappa shape index (κ3) is 2.93. The summed E-state index contributed by atoms with van der Waals surface area (Å²) in [4.78, 5) is 14.6. The van der Waals surface area contributed by atoms with E-state index in [1.807, 2.05) is 55.5 Å². The molecule has 2 aromatic rings. The number of aliphatic hydroxyl groups excluding tert-OH is 1. The summed E-state index contributed by atoms with van der Waals surface area (Å²) >= 11 is 0. The summed E-state index contributed by atoms with van der Waals surface area (Å²) in [7, 11) is 3.33. The van der Waals surface area contributed by atoms with Crippen LogP contribution in [0.5, 0.6) is 11.5 Å². The second-order valence-electron chi connectivity index (χ2n) is 7.34. The summed E-state index contributed by atoms with van der Waals surface area (Å²) < 4.78 is 11.3. The monoisotopic (exact) mass is 377 g/mol. The van der Waals surface area contributed by atoms with Gasteiger partial charge in [0.15, 0.2) is 5.72 Å². The van der Waals surface area contributed by atoms with E-state index in [2.05, 4.69) is 0 Å². The van der Waals surface area contributed by atoms with Crippen molar-refractivity contribution in [2.75, 3.05) is 14.2 Å². The van der Waals surface area contributed by atoms with Crippen LogP contribution in [0, 0.1) is 0 Å². The molecule has 1 N–H and O–H groups in total. The number of amides is 1. The minimum atomic E-state index is -0.723. The molecule has 2 aliphatic heterocycles. The Bertz CT molecular complexity index is 976. The van der Waals surface area contributed by atoms with Crippen LogP contribution in [0.1, 0.15) is 30.4 Å². The maximum atomic E-state index is 13.1. The normalized spacial score (nSPS) is 25.3. The molecule has 2 aliphatic rings. The Morgan fingerprint density at radius 1 is 1.25 bits per heavy atom. The van der Waals surface area contributed by atoms with Crippen molar-refractivity contribution in [3.05, 3.63) is 77.1 Å². The fraction of sp³-hybridized carbons (Fsp3) is 0.261. The van der Waals surface area contributed by atoms with Gasteiger partial charge in [0.25, 0.3) is 5.91 Å². The van der Waals surface area contributed by atoms with Crippen LogP contribution in [0.2, 0.25) is 0 Å². The van der Waals surface area contributed by atoms with E-state index in [9.17, 15) is 9.90 Å². The van der Waals surface area contributed by atoms with Crippen LogP contribution < -0.4 is 9.47 Å². The molecule has 0 radical (unpaired) electrons. The molecule has 5 nitrogen and oxygen atoms in total. The van der Waals surface area contributed by atoms with Crippen molar-refractivity contribution in [2.45, 2.75) is 25.0 Å². The van der Waals surface area contributed by atoms with Crippen LogP contribution in [0.15, 0.2) is 65.9 Å². The highest BCUT2D eigenvalue weighted by molar-refractivity contribution is 5.98. The lowest BCUT2D eigenvalue weighted by atomic mass is 9.77. The van der Waals surface area contributed by atoms with Gasteiger partial charge in [0.05, 0.1) is 12.7 Å². The van der Waals surface area contributed by atoms with Crippen molar-refractivity contribution in [3.8, 4) is 11.5 Å². The van der Waals surface area contributed by atoms with E-state index in [0.29, 0.717) is 12.0 Å². The van der Waals surface area contributed by atoms with Crippen LogP contribution >= 0.6 is 0 Å². The number of hydrogen-bond donors (Lipinski definition) is 1. The zero-order valence-electron chi connectivity index (χ0n) is 16.2. The van der Waals surface area contributed by atoms with Crippen molar-refractivity contribution < 1.29 is 19.4 Å². The Morgan fingerprint density at radius 3 is 2.68 bits per heavy atom.